The smallest absolute Gasteiger partial charge is 0.306 e. The molecule has 0 saturated carbocycles. The summed E-state index contributed by atoms with van der Waals surface area (Å²) >= 11 is 0. The highest BCUT2D eigenvalue weighted by molar-refractivity contribution is 5.71. The molecule has 0 aliphatic carbocycles. The van der Waals surface area contributed by atoms with Crippen LogP contribution in [0.1, 0.15) is 310 Å². The Morgan fingerprint density at radius 1 is 0.292 bits per heavy atom. The molecule has 1 unspecified atom stereocenters. The number of ether oxygens (including phenoxy) is 3. The van der Waals surface area contributed by atoms with Gasteiger partial charge in [0.2, 0.25) is 0 Å². The quantitative estimate of drug-likeness (QED) is 0.0261. The van der Waals surface area contributed by atoms with E-state index in [1.165, 1.54) is 154 Å². The Hall–Kier alpha value is -3.15. The van der Waals surface area contributed by atoms with Crippen molar-refractivity contribution in [3.05, 3.63) is 72.9 Å². The molecule has 0 N–H and O–H groups in total. The SMILES string of the molecule is CC/C=C\C/C=C\C/C=C\C/C=C\C/C=C\CCCCCCCC(=O)OCC(COC(=O)CCCCCCC/C=C\CCCCCCC)OC(=O)CCCCCCCCCCCCCCCCCCCCC. The van der Waals surface area contributed by atoms with Gasteiger partial charge in [0.05, 0.1) is 0 Å². The van der Waals surface area contributed by atoms with E-state index >= 15 is 0 Å². The minimum atomic E-state index is -0.786. The summed E-state index contributed by atoms with van der Waals surface area (Å²) in [5.74, 6) is -0.896. The second-order valence-corrected chi connectivity index (χ2v) is 20.6. The number of allylic oxidation sites excluding steroid dienone is 12. The molecule has 0 aliphatic rings. The van der Waals surface area contributed by atoms with Crippen molar-refractivity contribution < 1.29 is 28.6 Å². The molecule has 416 valence electrons. The number of rotatable bonds is 56. The van der Waals surface area contributed by atoms with Gasteiger partial charge in [0.1, 0.15) is 13.2 Å². The predicted octanol–water partition coefficient (Wildman–Crippen LogP) is 20.9. The maximum Gasteiger partial charge on any atom is 0.306 e. The van der Waals surface area contributed by atoms with Crippen LogP contribution in [0.25, 0.3) is 0 Å². The summed E-state index contributed by atoms with van der Waals surface area (Å²) in [5, 5.41) is 0. The van der Waals surface area contributed by atoms with Crippen LogP contribution >= 0.6 is 0 Å². The summed E-state index contributed by atoms with van der Waals surface area (Å²) in [4.78, 5) is 38.3. The Bertz CT molecular complexity index is 1340. The number of carbonyl (C=O) groups excluding carboxylic acids is 3. The lowest BCUT2D eigenvalue weighted by Crippen LogP contribution is -2.30. The lowest BCUT2D eigenvalue weighted by atomic mass is 10.0. The van der Waals surface area contributed by atoms with E-state index in [1.807, 2.05) is 0 Å². The topological polar surface area (TPSA) is 78.9 Å². The highest BCUT2D eigenvalue weighted by Crippen LogP contribution is 2.17. The van der Waals surface area contributed by atoms with Crippen molar-refractivity contribution in [3.63, 3.8) is 0 Å². The number of carbonyl (C=O) groups is 3. The van der Waals surface area contributed by atoms with Crippen LogP contribution < -0.4 is 0 Å². The molecular weight excluding hydrogens is 889 g/mol. The first kappa shape index (κ1) is 68.8. The molecular formula is C66H116O6. The van der Waals surface area contributed by atoms with Crippen LogP contribution in [0, 0.1) is 0 Å². The maximum atomic E-state index is 12.9. The molecule has 6 nitrogen and oxygen atoms in total. The standard InChI is InChI=1S/C66H116O6/c1-4-7-10-13-16-19-22-25-28-30-32-33-35-36-38-41-44-47-50-53-56-59-65(68)71-62-63(61-70-64(67)58-55-52-49-46-43-40-27-24-21-18-15-12-9-6-3)72-66(69)60-57-54-51-48-45-42-39-37-34-31-29-26-23-20-17-14-11-8-5-2/h7,10,16,19,24-25,27-28,32-33,36,38,63H,4-6,8-9,11-15,17-18,20-23,26,29-31,34-35,37,39-62H2,1-3H3/b10-7-,19-16-,27-24-,28-25-,33-32-,38-36-. The number of esters is 3. The van der Waals surface area contributed by atoms with Crippen LogP contribution in [0.5, 0.6) is 0 Å². The summed E-state index contributed by atoms with van der Waals surface area (Å²) in [6, 6.07) is 0. The van der Waals surface area contributed by atoms with E-state index in [-0.39, 0.29) is 31.1 Å². The monoisotopic (exact) mass is 1000 g/mol. The van der Waals surface area contributed by atoms with Gasteiger partial charge in [-0.25, -0.2) is 0 Å². The van der Waals surface area contributed by atoms with E-state index in [1.54, 1.807) is 0 Å². The second kappa shape index (κ2) is 60.4. The number of hydrogen-bond acceptors (Lipinski definition) is 6. The van der Waals surface area contributed by atoms with E-state index in [2.05, 4.69) is 93.7 Å². The van der Waals surface area contributed by atoms with E-state index in [0.29, 0.717) is 19.3 Å². The van der Waals surface area contributed by atoms with E-state index in [9.17, 15) is 14.4 Å². The molecule has 1 atom stereocenters. The van der Waals surface area contributed by atoms with Gasteiger partial charge in [0.25, 0.3) is 0 Å². The first-order chi connectivity index (χ1) is 35.5. The van der Waals surface area contributed by atoms with Crippen molar-refractivity contribution >= 4 is 17.9 Å². The predicted molar refractivity (Wildman–Crippen MR) is 311 cm³/mol. The molecule has 0 amide bonds. The van der Waals surface area contributed by atoms with Crippen molar-refractivity contribution in [1.82, 2.24) is 0 Å². The molecule has 0 bridgehead atoms. The van der Waals surface area contributed by atoms with Gasteiger partial charge in [-0.2, -0.15) is 0 Å². The minimum absolute atomic E-state index is 0.0835. The largest absolute Gasteiger partial charge is 0.462 e. The second-order valence-electron chi connectivity index (χ2n) is 20.6. The van der Waals surface area contributed by atoms with Gasteiger partial charge in [-0.05, 0) is 89.9 Å². The molecule has 0 aromatic heterocycles. The molecule has 0 saturated heterocycles. The minimum Gasteiger partial charge on any atom is -0.462 e. The summed E-state index contributed by atoms with van der Waals surface area (Å²) < 4.78 is 16.9. The molecule has 6 heteroatoms. The normalized spacial score (nSPS) is 12.5. The first-order valence-electron chi connectivity index (χ1n) is 30.9. The summed E-state index contributed by atoms with van der Waals surface area (Å²) in [6.07, 6.45) is 77.5. The van der Waals surface area contributed by atoms with Gasteiger partial charge in [-0.15, -0.1) is 0 Å². The van der Waals surface area contributed by atoms with Gasteiger partial charge in [0, 0.05) is 19.3 Å². The number of unbranched alkanes of at least 4 members (excludes halogenated alkanes) is 33. The molecule has 0 spiro atoms. The zero-order valence-corrected chi connectivity index (χ0v) is 47.7. The van der Waals surface area contributed by atoms with Crippen molar-refractivity contribution in [2.45, 2.75) is 316 Å². The molecule has 0 radical (unpaired) electrons. The van der Waals surface area contributed by atoms with Gasteiger partial charge >= 0.3 is 17.9 Å². The zero-order valence-electron chi connectivity index (χ0n) is 47.7. The summed E-state index contributed by atoms with van der Waals surface area (Å²) in [6.45, 7) is 6.53. The molecule has 0 heterocycles. The van der Waals surface area contributed by atoms with Crippen LogP contribution in [0.4, 0.5) is 0 Å². The Balaban J connectivity index is 4.39. The summed E-state index contributed by atoms with van der Waals surface area (Å²) in [7, 11) is 0. The average Bonchev–Trinajstić information content (AvgIpc) is 3.38. The molecule has 72 heavy (non-hydrogen) atoms. The molecule has 0 aromatic carbocycles. The maximum absolute atomic E-state index is 12.9. The van der Waals surface area contributed by atoms with Gasteiger partial charge < -0.3 is 14.2 Å². The number of hydrogen-bond donors (Lipinski definition) is 0. The Labute approximate surface area is 446 Å². The average molecular weight is 1010 g/mol. The fraction of sp³-hybridized carbons (Fsp3) is 0.773. The highest BCUT2D eigenvalue weighted by atomic mass is 16.6. The van der Waals surface area contributed by atoms with Gasteiger partial charge in [-0.3, -0.25) is 14.4 Å². The van der Waals surface area contributed by atoms with Crippen LogP contribution in [-0.2, 0) is 28.6 Å². The zero-order chi connectivity index (χ0) is 52.2. The van der Waals surface area contributed by atoms with Crippen LogP contribution in [-0.4, -0.2) is 37.2 Å². The van der Waals surface area contributed by atoms with Crippen LogP contribution in [0.2, 0.25) is 0 Å². The fourth-order valence-corrected chi connectivity index (χ4v) is 8.82. The van der Waals surface area contributed by atoms with E-state index < -0.39 is 6.10 Å². The lowest BCUT2D eigenvalue weighted by Gasteiger charge is -2.18. The van der Waals surface area contributed by atoms with Crippen LogP contribution in [0.15, 0.2) is 72.9 Å². The lowest BCUT2D eigenvalue weighted by molar-refractivity contribution is -0.167. The van der Waals surface area contributed by atoms with Crippen molar-refractivity contribution in [2.75, 3.05) is 13.2 Å². The van der Waals surface area contributed by atoms with E-state index in [0.717, 1.165) is 116 Å². The molecule has 0 fully saturated rings. The summed E-state index contributed by atoms with van der Waals surface area (Å²) in [5.41, 5.74) is 0. The molecule has 0 rings (SSSR count). The van der Waals surface area contributed by atoms with Crippen LogP contribution in [0.3, 0.4) is 0 Å². The third-order valence-corrected chi connectivity index (χ3v) is 13.4. The fourth-order valence-electron chi connectivity index (χ4n) is 8.82. The van der Waals surface area contributed by atoms with Gasteiger partial charge in [-0.1, -0.05) is 273 Å². The van der Waals surface area contributed by atoms with Crippen molar-refractivity contribution in [3.8, 4) is 0 Å². The molecule has 0 aliphatic heterocycles. The van der Waals surface area contributed by atoms with Gasteiger partial charge in [0.15, 0.2) is 6.10 Å². The van der Waals surface area contributed by atoms with Crippen molar-refractivity contribution in [2.24, 2.45) is 0 Å². The highest BCUT2D eigenvalue weighted by Gasteiger charge is 2.19. The molecule has 0 aromatic rings. The van der Waals surface area contributed by atoms with E-state index in [4.69, 9.17) is 14.2 Å². The Morgan fingerprint density at radius 2 is 0.542 bits per heavy atom. The third kappa shape index (κ3) is 57.7. The third-order valence-electron chi connectivity index (χ3n) is 13.4. The Kier molecular flexibility index (Phi) is 57.8. The van der Waals surface area contributed by atoms with Crippen molar-refractivity contribution in [1.29, 1.82) is 0 Å². The first-order valence-corrected chi connectivity index (χ1v) is 30.9. The Morgan fingerprint density at radius 3 is 0.861 bits per heavy atom.